The third-order valence-electron chi connectivity index (χ3n) is 2.10. The molecule has 102 valence electrons. The van der Waals surface area contributed by atoms with Crippen molar-refractivity contribution in [2.45, 2.75) is 25.8 Å². The number of benzene rings is 1. The quantitative estimate of drug-likeness (QED) is 0.656. The molecule has 0 amide bonds. The Hall–Kier alpha value is -1.40. The third-order valence-corrected chi connectivity index (χ3v) is 2.10. The summed E-state index contributed by atoms with van der Waals surface area (Å²) in [4.78, 5) is 10.7. The summed E-state index contributed by atoms with van der Waals surface area (Å²) in [5.41, 5.74) is 5.88. The van der Waals surface area contributed by atoms with E-state index in [-0.39, 0.29) is 23.9 Å². The minimum Gasteiger partial charge on any atom is -0.504 e. The van der Waals surface area contributed by atoms with Crippen LogP contribution in [0.15, 0.2) is 18.2 Å². The molecular formula is C11H14ClF2NO3. The average molecular weight is 282 g/mol. The summed E-state index contributed by atoms with van der Waals surface area (Å²) in [6, 6.07) is 3.10. The second-order valence-electron chi connectivity index (χ2n) is 3.55. The monoisotopic (exact) mass is 281 g/mol. The molecule has 0 aromatic heterocycles. The summed E-state index contributed by atoms with van der Waals surface area (Å²) >= 11 is 0. The highest BCUT2D eigenvalue weighted by atomic mass is 35.5. The van der Waals surface area contributed by atoms with Gasteiger partial charge in [0.2, 0.25) is 6.43 Å². The molecule has 0 radical (unpaired) electrons. The van der Waals surface area contributed by atoms with E-state index < -0.39 is 24.9 Å². The van der Waals surface area contributed by atoms with Crippen molar-refractivity contribution in [3.05, 3.63) is 23.8 Å². The lowest BCUT2D eigenvalue weighted by atomic mass is 10.0. The first-order valence-corrected chi connectivity index (χ1v) is 4.95. The zero-order valence-electron chi connectivity index (χ0n) is 9.60. The van der Waals surface area contributed by atoms with Gasteiger partial charge >= 0.3 is 5.97 Å². The first-order chi connectivity index (χ1) is 7.90. The first-order valence-electron chi connectivity index (χ1n) is 4.95. The van der Waals surface area contributed by atoms with Gasteiger partial charge in [-0.25, -0.2) is 8.78 Å². The summed E-state index contributed by atoms with van der Waals surface area (Å²) in [7, 11) is 0. The molecule has 1 atom stereocenters. The van der Waals surface area contributed by atoms with Crippen LogP contribution in [0.2, 0.25) is 0 Å². The van der Waals surface area contributed by atoms with Crippen LogP contribution in [-0.2, 0) is 4.79 Å². The van der Waals surface area contributed by atoms with E-state index in [2.05, 4.69) is 4.74 Å². The lowest BCUT2D eigenvalue weighted by molar-refractivity contribution is -0.132. The Bertz CT molecular complexity index is 415. The van der Waals surface area contributed by atoms with Gasteiger partial charge in [-0.3, -0.25) is 4.79 Å². The number of esters is 1. The average Bonchev–Trinajstić information content (AvgIpc) is 2.19. The molecule has 18 heavy (non-hydrogen) atoms. The standard InChI is InChI=1S/C11H13F2NO3.ClH/c1-6(15)17-10-3-2-7(4-9(10)16)8(14)5-11(12)13;/h2-4,8,11,16H,5,14H2,1H3;1H/t8-;/m1./s1. The molecular weight excluding hydrogens is 268 g/mol. The molecule has 0 aliphatic rings. The number of alkyl halides is 2. The number of hydrogen-bond acceptors (Lipinski definition) is 4. The Morgan fingerprint density at radius 2 is 2.11 bits per heavy atom. The maximum absolute atomic E-state index is 12.1. The third kappa shape index (κ3) is 4.85. The number of carbonyl (C=O) groups excluding carboxylic acids is 1. The molecule has 0 heterocycles. The topological polar surface area (TPSA) is 72.5 Å². The van der Waals surface area contributed by atoms with Gasteiger partial charge in [0.1, 0.15) is 0 Å². The largest absolute Gasteiger partial charge is 0.504 e. The van der Waals surface area contributed by atoms with Gasteiger partial charge < -0.3 is 15.6 Å². The van der Waals surface area contributed by atoms with Crippen LogP contribution in [0.1, 0.15) is 24.9 Å². The molecule has 0 bridgehead atoms. The Morgan fingerprint density at radius 3 is 2.56 bits per heavy atom. The van der Waals surface area contributed by atoms with Crippen molar-refractivity contribution in [2.75, 3.05) is 0 Å². The van der Waals surface area contributed by atoms with E-state index in [0.29, 0.717) is 5.56 Å². The number of aromatic hydroxyl groups is 1. The molecule has 0 saturated heterocycles. The molecule has 4 nitrogen and oxygen atoms in total. The number of halogens is 3. The molecule has 7 heteroatoms. The Balaban J connectivity index is 0.00000289. The summed E-state index contributed by atoms with van der Waals surface area (Å²) in [6.45, 7) is 1.19. The predicted molar refractivity (Wildman–Crippen MR) is 64.2 cm³/mol. The summed E-state index contributed by atoms with van der Waals surface area (Å²) in [5.74, 6) is -0.905. The lowest BCUT2D eigenvalue weighted by Crippen LogP contribution is -2.14. The number of hydrogen-bond donors (Lipinski definition) is 2. The number of carbonyl (C=O) groups is 1. The fraction of sp³-hybridized carbons (Fsp3) is 0.364. The van der Waals surface area contributed by atoms with E-state index in [9.17, 15) is 18.7 Å². The van der Waals surface area contributed by atoms with Crippen LogP contribution >= 0.6 is 12.4 Å². The van der Waals surface area contributed by atoms with E-state index in [1.54, 1.807) is 0 Å². The van der Waals surface area contributed by atoms with Gasteiger partial charge in [-0.15, -0.1) is 12.4 Å². The van der Waals surface area contributed by atoms with Crippen LogP contribution in [0, 0.1) is 0 Å². The highest BCUT2D eigenvalue weighted by Gasteiger charge is 2.15. The Kier molecular flexibility index (Phi) is 6.57. The van der Waals surface area contributed by atoms with E-state index in [0.717, 1.165) is 0 Å². The van der Waals surface area contributed by atoms with E-state index in [1.165, 1.54) is 25.1 Å². The number of ether oxygens (including phenoxy) is 1. The van der Waals surface area contributed by atoms with Crippen LogP contribution in [0.4, 0.5) is 8.78 Å². The van der Waals surface area contributed by atoms with Gasteiger partial charge in [-0.1, -0.05) is 6.07 Å². The molecule has 0 aliphatic heterocycles. The van der Waals surface area contributed by atoms with Crippen molar-refractivity contribution in [3.63, 3.8) is 0 Å². The maximum atomic E-state index is 12.1. The maximum Gasteiger partial charge on any atom is 0.308 e. The highest BCUT2D eigenvalue weighted by molar-refractivity contribution is 5.85. The smallest absolute Gasteiger partial charge is 0.308 e. The van der Waals surface area contributed by atoms with Gasteiger partial charge in [0, 0.05) is 19.4 Å². The molecule has 0 spiro atoms. The molecule has 1 rings (SSSR count). The van der Waals surface area contributed by atoms with Gasteiger partial charge in [0.05, 0.1) is 0 Å². The highest BCUT2D eigenvalue weighted by Crippen LogP contribution is 2.30. The van der Waals surface area contributed by atoms with Crippen LogP contribution < -0.4 is 10.5 Å². The van der Waals surface area contributed by atoms with Crippen molar-refractivity contribution in [2.24, 2.45) is 5.73 Å². The van der Waals surface area contributed by atoms with Crippen molar-refractivity contribution in [1.82, 2.24) is 0 Å². The van der Waals surface area contributed by atoms with Gasteiger partial charge in [-0.05, 0) is 17.7 Å². The lowest BCUT2D eigenvalue weighted by Gasteiger charge is -2.13. The van der Waals surface area contributed by atoms with Crippen LogP contribution in [0.3, 0.4) is 0 Å². The summed E-state index contributed by atoms with van der Waals surface area (Å²) < 4.78 is 28.9. The fourth-order valence-corrected chi connectivity index (χ4v) is 1.33. The van der Waals surface area contributed by atoms with Gasteiger partial charge in [0.25, 0.3) is 0 Å². The Morgan fingerprint density at radius 1 is 1.50 bits per heavy atom. The molecule has 0 unspecified atom stereocenters. The predicted octanol–water partition coefficient (Wildman–Crippen LogP) is 2.39. The SMILES string of the molecule is CC(=O)Oc1ccc([C@H](N)CC(F)F)cc1O.Cl. The van der Waals surface area contributed by atoms with Crippen LogP contribution in [-0.4, -0.2) is 17.5 Å². The molecule has 3 N–H and O–H groups in total. The van der Waals surface area contributed by atoms with Crippen molar-refractivity contribution in [3.8, 4) is 11.5 Å². The van der Waals surface area contributed by atoms with Crippen molar-refractivity contribution < 1.29 is 23.4 Å². The van der Waals surface area contributed by atoms with Crippen molar-refractivity contribution in [1.29, 1.82) is 0 Å². The minimum absolute atomic E-state index is 0. The summed E-state index contributed by atoms with van der Waals surface area (Å²) in [5, 5.41) is 9.50. The Labute approximate surface area is 109 Å². The molecule has 1 aromatic rings. The van der Waals surface area contributed by atoms with Gasteiger partial charge in [0.15, 0.2) is 11.5 Å². The second-order valence-corrected chi connectivity index (χ2v) is 3.55. The van der Waals surface area contributed by atoms with E-state index >= 15 is 0 Å². The molecule has 0 saturated carbocycles. The van der Waals surface area contributed by atoms with Crippen LogP contribution in [0.5, 0.6) is 11.5 Å². The normalized spacial score (nSPS) is 11.8. The molecule has 0 aliphatic carbocycles. The summed E-state index contributed by atoms with van der Waals surface area (Å²) in [6.07, 6.45) is -3.01. The van der Waals surface area contributed by atoms with Gasteiger partial charge in [-0.2, -0.15) is 0 Å². The van der Waals surface area contributed by atoms with Crippen molar-refractivity contribution >= 4 is 18.4 Å². The molecule has 1 aromatic carbocycles. The second kappa shape index (κ2) is 7.13. The number of nitrogens with two attached hydrogens (primary N) is 1. The zero-order valence-corrected chi connectivity index (χ0v) is 10.4. The number of phenolic OH excluding ortho intramolecular Hbond substituents is 1. The number of phenols is 1. The molecule has 0 fully saturated rings. The minimum atomic E-state index is -2.51. The first kappa shape index (κ1) is 16.6. The zero-order chi connectivity index (χ0) is 13.0. The fourth-order valence-electron chi connectivity index (χ4n) is 1.33. The number of rotatable bonds is 4. The van der Waals surface area contributed by atoms with E-state index in [4.69, 9.17) is 5.73 Å². The van der Waals surface area contributed by atoms with Crippen LogP contribution in [0.25, 0.3) is 0 Å². The van der Waals surface area contributed by atoms with E-state index in [1.807, 2.05) is 0 Å².